The first-order chi connectivity index (χ1) is 6.50. The lowest BCUT2D eigenvalue weighted by Gasteiger charge is -2.26. The van der Waals surface area contributed by atoms with E-state index in [1.165, 1.54) is 6.92 Å². The maximum atomic E-state index is 11.2. The molecular weight excluding hydrogens is 178 g/mol. The van der Waals surface area contributed by atoms with E-state index in [2.05, 4.69) is 0 Å². The maximum Gasteiger partial charge on any atom is 0.149 e. The highest BCUT2D eigenvalue weighted by Gasteiger charge is 2.24. The van der Waals surface area contributed by atoms with Crippen molar-refractivity contribution in [3.8, 4) is 0 Å². The molecule has 0 aromatic carbocycles. The second kappa shape index (κ2) is 6.74. The van der Waals surface area contributed by atoms with Crippen LogP contribution in [0.3, 0.4) is 0 Å². The van der Waals surface area contributed by atoms with Crippen molar-refractivity contribution in [2.75, 3.05) is 14.1 Å². The minimum absolute atomic E-state index is 0.0166. The number of carbonyl (C=O) groups is 1. The lowest BCUT2D eigenvalue weighted by atomic mass is 10.0. The normalized spacial score (nSPS) is 16.1. The summed E-state index contributed by atoms with van der Waals surface area (Å²) in [6.07, 6.45) is 4.82. The van der Waals surface area contributed by atoms with Crippen LogP contribution < -0.4 is 0 Å². The summed E-state index contributed by atoms with van der Waals surface area (Å²) in [5, 5.41) is 9.78. The van der Waals surface area contributed by atoms with Crippen LogP contribution in [-0.4, -0.2) is 42.0 Å². The summed E-state index contributed by atoms with van der Waals surface area (Å²) in [7, 11) is 3.62. The average Bonchev–Trinajstić information content (AvgIpc) is 2.03. The van der Waals surface area contributed by atoms with Crippen molar-refractivity contribution in [1.29, 1.82) is 0 Å². The summed E-state index contributed by atoms with van der Waals surface area (Å²) in [5.74, 6) is 0.0166. The summed E-state index contributed by atoms with van der Waals surface area (Å²) in [6, 6.07) is -0.375. The highest BCUT2D eigenvalue weighted by atomic mass is 16.3. The number of hydrogen-bond donors (Lipinski definition) is 1. The number of Topliss-reactive ketones (excluding diaryl/α,β-unsaturated/α-hetero) is 1. The Morgan fingerprint density at radius 1 is 1.50 bits per heavy atom. The Morgan fingerprint density at radius 3 is 2.43 bits per heavy atom. The molecule has 0 radical (unpaired) electrons. The Bertz CT molecular complexity index is 199. The zero-order valence-electron chi connectivity index (χ0n) is 9.53. The number of aliphatic hydroxyl groups excluding tert-OH is 1. The van der Waals surface area contributed by atoms with Gasteiger partial charge in [0.2, 0.25) is 0 Å². The molecule has 0 aromatic rings. The molecule has 0 aliphatic carbocycles. The number of ketones is 1. The molecule has 0 heterocycles. The molecule has 0 saturated carbocycles. The molecule has 3 nitrogen and oxygen atoms in total. The number of allylic oxidation sites excluding steroid dienone is 2. The minimum Gasteiger partial charge on any atom is -0.391 e. The maximum absolute atomic E-state index is 11.2. The summed E-state index contributed by atoms with van der Waals surface area (Å²) in [5.41, 5.74) is 0. The van der Waals surface area contributed by atoms with Crippen LogP contribution in [0.25, 0.3) is 0 Å². The van der Waals surface area contributed by atoms with Gasteiger partial charge in [0, 0.05) is 0 Å². The van der Waals surface area contributed by atoms with Gasteiger partial charge in [-0.1, -0.05) is 12.2 Å². The Morgan fingerprint density at radius 2 is 2.07 bits per heavy atom. The topological polar surface area (TPSA) is 40.5 Å². The van der Waals surface area contributed by atoms with Crippen molar-refractivity contribution in [3.63, 3.8) is 0 Å². The van der Waals surface area contributed by atoms with Gasteiger partial charge in [0.1, 0.15) is 5.78 Å². The van der Waals surface area contributed by atoms with Crippen LogP contribution in [-0.2, 0) is 4.79 Å². The van der Waals surface area contributed by atoms with Crippen LogP contribution in [0, 0.1) is 0 Å². The Labute approximate surface area is 86.4 Å². The van der Waals surface area contributed by atoms with Crippen LogP contribution >= 0.6 is 0 Å². The van der Waals surface area contributed by atoms with Gasteiger partial charge in [-0.2, -0.15) is 0 Å². The molecule has 1 N–H and O–H groups in total. The van der Waals surface area contributed by atoms with Crippen molar-refractivity contribution in [2.24, 2.45) is 0 Å². The Hall–Kier alpha value is -0.670. The fourth-order valence-electron chi connectivity index (χ4n) is 1.57. The second-order valence-corrected chi connectivity index (χ2v) is 3.73. The number of carbonyl (C=O) groups excluding carboxylic acids is 1. The van der Waals surface area contributed by atoms with E-state index in [1.54, 1.807) is 4.90 Å². The fourth-order valence-corrected chi connectivity index (χ4v) is 1.57. The predicted octanol–water partition coefficient (Wildman–Crippen LogP) is 1.22. The molecular formula is C11H21NO2. The third-order valence-electron chi connectivity index (χ3n) is 2.20. The largest absolute Gasteiger partial charge is 0.391 e. The van der Waals surface area contributed by atoms with Gasteiger partial charge in [0.15, 0.2) is 0 Å². The molecule has 0 fully saturated rings. The minimum atomic E-state index is -0.571. The van der Waals surface area contributed by atoms with E-state index in [0.29, 0.717) is 6.42 Å². The third-order valence-corrected chi connectivity index (χ3v) is 2.20. The van der Waals surface area contributed by atoms with Crippen LogP contribution in [0.4, 0.5) is 0 Å². The summed E-state index contributed by atoms with van der Waals surface area (Å²) in [4.78, 5) is 13.0. The molecule has 0 amide bonds. The van der Waals surface area contributed by atoms with Crippen LogP contribution in [0.15, 0.2) is 12.2 Å². The molecule has 2 atom stereocenters. The molecule has 82 valence electrons. The van der Waals surface area contributed by atoms with E-state index in [-0.39, 0.29) is 11.8 Å². The SMILES string of the molecule is C/C=C/CCC(O)C(C(C)=O)N(C)C. The fraction of sp³-hybridized carbons (Fsp3) is 0.727. The first kappa shape index (κ1) is 13.3. The van der Waals surface area contributed by atoms with E-state index in [9.17, 15) is 9.90 Å². The number of likely N-dealkylation sites (N-methyl/N-ethyl adjacent to an activating group) is 1. The molecule has 0 saturated heterocycles. The van der Waals surface area contributed by atoms with Gasteiger partial charge in [0.25, 0.3) is 0 Å². The van der Waals surface area contributed by atoms with E-state index < -0.39 is 6.10 Å². The van der Waals surface area contributed by atoms with Crippen LogP contribution in [0.1, 0.15) is 26.7 Å². The summed E-state index contributed by atoms with van der Waals surface area (Å²) < 4.78 is 0. The molecule has 2 unspecified atom stereocenters. The van der Waals surface area contributed by atoms with E-state index >= 15 is 0 Å². The van der Waals surface area contributed by atoms with E-state index in [1.807, 2.05) is 33.2 Å². The highest BCUT2D eigenvalue weighted by molar-refractivity contribution is 5.82. The zero-order valence-corrected chi connectivity index (χ0v) is 9.53. The molecule has 0 bridgehead atoms. The van der Waals surface area contributed by atoms with Crippen molar-refractivity contribution in [1.82, 2.24) is 4.90 Å². The van der Waals surface area contributed by atoms with Crippen molar-refractivity contribution in [2.45, 2.75) is 38.8 Å². The second-order valence-electron chi connectivity index (χ2n) is 3.73. The first-order valence-corrected chi connectivity index (χ1v) is 4.96. The number of nitrogens with zero attached hydrogens (tertiary/aromatic N) is 1. The molecule has 0 aromatic heterocycles. The van der Waals surface area contributed by atoms with Gasteiger partial charge in [-0.25, -0.2) is 0 Å². The van der Waals surface area contributed by atoms with E-state index in [0.717, 1.165) is 6.42 Å². The highest BCUT2D eigenvalue weighted by Crippen LogP contribution is 2.08. The predicted molar refractivity (Wildman–Crippen MR) is 58.2 cm³/mol. The zero-order chi connectivity index (χ0) is 11.1. The Balaban J connectivity index is 4.15. The van der Waals surface area contributed by atoms with Gasteiger partial charge < -0.3 is 5.11 Å². The van der Waals surface area contributed by atoms with Crippen molar-refractivity contribution >= 4 is 5.78 Å². The van der Waals surface area contributed by atoms with Crippen LogP contribution in [0.5, 0.6) is 0 Å². The molecule has 0 rings (SSSR count). The summed E-state index contributed by atoms with van der Waals surface area (Å²) >= 11 is 0. The summed E-state index contributed by atoms with van der Waals surface area (Å²) in [6.45, 7) is 3.46. The van der Waals surface area contributed by atoms with Gasteiger partial charge in [-0.3, -0.25) is 9.69 Å². The van der Waals surface area contributed by atoms with Gasteiger partial charge >= 0.3 is 0 Å². The molecule has 0 aliphatic heterocycles. The van der Waals surface area contributed by atoms with Crippen molar-refractivity contribution < 1.29 is 9.90 Å². The van der Waals surface area contributed by atoms with Gasteiger partial charge in [-0.05, 0) is 40.8 Å². The smallest absolute Gasteiger partial charge is 0.149 e. The first-order valence-electron chi connectivity index (χ1n) is 4.96. The molecule has 0 aliphatic rings. The third kappa shape index (κ3) is 4.53. The van der Waals surface area contributed by atoms with Crippen molar-refractivity contribution in [3.05, 3.63) is 12.2 Å². The van der Waals surface area contributed by atoms with Gasteiger partial charge in [0.05, 0.1) is 12.1 Å². The van der Waals surface area contributed by atoms with Gasteiger partial charge in [-0.15, -0.1) is 0 Å². The standard InChI is InChI=1S/C11H21NO2/c1-5-6-7-8-10(14)11(9(2)13)12(3)4/h5-6,10-11,14H,7-8H2,1-4H3/b6-5+. The lowest BCUT2D eigenvalue weighted by Crippen LogP contribution is -2.44. The van der Waals surface area contributed by atoms with Crippen LogP contribution in [0.2, 0.25) is 0 Å². The molecule has 14 heavy (non-hydrogen) atoms. The molecule has 3 heteroatoms. The number of rotatable bonds is 6. The average molecular weight is 199 g/mol. The Kier molecular flexibility index (Phi) is 6.41. The number of hydrogen-bond acceptors (Lipinski definition) is 3. The van der Waals surface area contributed by atoms with E-state index in [4.69, 9.17) is 0 Å². The molecule has 0 spiro atoms. The quantitative estimate of drug-likeness (QED) is 0.654. The number of aliphatic hydroxyl groups is 1. The lowest BCUT2D eigenvalue weighted by molar-refractivity contribution is -0.125. The monoisotopic (exact) mass is 199 g/mol.